The van der Waals surface area contributed by atoms with Gasteiger partial charge in [-0.3, -0.25) is 4.31 Å². The van der Waals surface area contributed by atoms with Crippen LogP contribution in [-0.4, -0.2) is 38.4 Å². The molecule has 3 aromatic carbocycles. The monoisotopic (exact) mass is 646 g/mol. The molecule has 1 fully saturated rings. The lowest BCUT2D eigenvalue weighted by molar-refractivity contribution is 0.0600. The normalized spacial score (nSPS) is 14.4. The Hall–Kier alpha value is -3.34. The van der Waals surface area contributed by atoms with Crippen molar-refractivity contribution in [2.24, 2.45) is 0 Å². The predicted octanol–water partition coefficient (Wildman–Crippen LogP) is 6.91. The van der Waals surface area contributed by atoms with E-state index in [1.165, 1.54) is 23.5 Å². The third kappa shape index (κ3) is 5.61. The first-order valence-corrected chi connectivity index (χ1v) is 15.1. The molecule has 0 amide bonds. The molecular formula is C29H25BrClFN2O5S. The van der Waals surface area contributed by atoms with Gasteiger partial charge in [-0.15, -0.1) is 0 Å². The molecule has 1 saturated heterocycles. The van der Waals surface area contributed by atoms with Crippen molar-refractivity contribution in [2.75, 3.05) is 23.7 Å². The predicted molar refractivity (Wildman–Crippen MR) is 156 cm³/mol. The summed E-state index contributed by atoms with van der Waals surface area (Å²) in [5, 5.41) is 0.467. The van der Waals surface area contributed by atoms with Crippen LogP contribution < -0.4 is 9.04 Å². The van der Waals surface area contributed by atoms with Crippen LogP contribution in [0.2, 0.25) is 5.02 Å². The smallest absolute Gasteiger partial charge is 0.337 e. The van der Waals surface area contributed by atoms with E-state index in [-0.39, 0.29) is 17.9 Å². The van der Waals surface area contributed by atoms with Crippen molar-refractivity contribution in [3.8, 4) is 22.7 Å². The number of carbonyl (C=O) groups excluding carboxylic acids is 1. The summed E-state index contributed by atoms with van der Waals surface area (Å²) < 4.78 is 54.8. The lowest BCUT2D eigenvalue weighted by Crippen LogP contribution is -2.25. The highest BCUT2D eigenvalue weighted by atomic mass is 79.9. The molecule has 0 radical (unpaired) electrons. The molecule has 1 aliphatic heterocycles. The van der Waals surface area contributed by atoms with E-state index < -0.39 is 21.8 Å². The molecule has 0 atom stereocenters. The van der Waals surface area contributed by atoms with Gasteiger partial charge < -0.3 is 14.0 Å². The zero-order chi connectivity index (χ0) is 28.6. The maximum Gasteiger partial charge on any atom is 0.337 e. The van der Waals surface area contributed by atoms with Gasteiger partial charge in [-0.1, -0.05) is 33.6 Å². The molecule has 7 nitrogen and oxygen atoms in total. The van der Waals surface area contributed by atoms with Crippen molar-refractivity contribution in [2.45, 2.75) is 20.0 Å². The topological polar surface area (TPSA) is 77.8 Å². The third-order valence-corrected chi connectivity index (χ3v) is 9.26. The van der Waals surface area contributed by atoms with E-state index in [1.54, 1.807) is 42.5 Å². The largest absolute Gasteiger partial charge is 0.488 e. The van der Waals surface area contributed by atoms with Crippen molar-refractivity contribution in [3.63, 3.8) is 0 Å². The Morgan fingerprint density at radius 2 is 1.82 bits per heavy atom. The van der Waals surface area contributed by atoms with Crippen molar-refractivity contribution in [3.05, 3.63) is 98.9 Å². The van der Waals surface area contributed by atoms with Crippen LogP contribution in [0.5, 0.6) is 5.75 Å². The van der Waals surface area contributed by atoms with Crippen LogP contribution in [0.25, 0.3) is 16.9 Å². The van der Waals surface area contributed by atoms with Gasteiger partial charge >= 0.3 is 5.97 Å². The number of anilines is 1. The number of nitrogens with zero attached hydrogens (tertiary/aromatic N) is 2. The molecule has 0 N–H and O–H groups in total. The fraction of sp³-hybridized carbons (Fsp3) is 0.207. The Kier molecular flexibility index (Phi) is 7.94. The number of sulfonamides is 1. The number of aromatic nitrogens is 1. The van der Waals surface area contributed by atoms with E-state index in [4.69, 9.17) is 21.1 Å². The maximum absolute atomic E-state index is 14.5. The van der Waals surface area contributed by atoms with Crippen LogP contribution in [0, 0.1) is 12.7 Å². The second kappa shape index (κ2) is 11.3. The second-order valence-electron chi connectivity index (χ2n) is 9.33. The molecule has 0 unspecified atom stereocenters. The minimum absolute atomic E-state index is 0.0117. The van der Waals surface area contributed by atoms with Crippen molar-refractivity contribution in [1.29, 1.82) is 0 Å². The first kappa shape index (κ1) is 28.2. The summed E-state index contributed by atoms with van der Waals surface area (Å²) in [7, 11) is -2.22. The van der Waals surface area contributed by atoms with Gasteiger partial charge in [0, 0.05) is 38.5 Å². The molecule has 2 heterocycles. The number of halogens is 3. The van der Waals surface area contributed by atoms with E-state index >= 15 is 0 Å². The number of ether oxygens (including phenoxy) is 2. The van der Waals surface area contributed by atoms with Gasteiger partial charge in [-0.05, 0) is 74.0 Å². The summed E-state index contributed by atoms with van der Waals surface area (Å²) in [5.41, 5.74) is 3.67. The molecule has 0 aliphatic carbocycles. The molecular weight excluding hydrogens is 623 g/mol. The minimum Gasteiger partial charge on any atom is -0.488 e. The van der Waals surface area contributed by atoms with Gasteiger partial charge in [0.2, 0.25) is 10.0 Å². The molecule has 1 aromatic heterocycles. The lowest BCUT2D eigenvalue weighted by Gasteiger charge is -2.21. The number of hydrogen-bond donors (Lipinski definition) is 0. The number of benzene rings is 3. The van der Waals surface area contributed by atoms with Crippen LogP contribution in [0.15, 0.2) is 71.2 Å². The minimum atomic E-state index is -3.50. The fourth-order valence-electron chi connectivity index (χ4n) is 4.75. The van der Waals surface area contributed by atoms with Gasteiger partial charge in [0.05, 0.1) is 29.8 Å². The quantitative estimate of drug-likeness (QED) is 0.204. The Morgan fingerprint density at radius 3 is 2.52 bits per heavy atom. The molecule has 40 heavy (non-hydrogen) atoms. The molecule has 4 aromatic rings. The van der Waals surface area contributed by atoms with Crippen LogP contribution in [-0.2, 0) is 21.4 Å². The van der Waals surface area contributed by atoms with Gasteiger partial charge in [0.25, 0.3) is 0 Å². The Labute approximate surface area is 245 Å². The number of hydrogen-bond acceptors (Lipinski definition) is 5. The standard InChI is InChI=1S/C29H25BrClFN2O5S/c1-18-4-8-27(25-15-22(31)7-9-28(25)39-17-19-5-6-21(30)14-26(19)32)34(18)24-13-20(29(35)38-2)12-23(16-24)33-10-3-11-40(33,36)37/h4-9,12-16H,3,10-11,17H2,1-2H3. The Morgan fingerprint density at radius 1 is 1.05 bits per heavy atom. The number of methoxy groups -OCH3 is 1. The molecule has 0 spiro atoms. The van der Waals surface area contributed by atoms with Crippen LogP contribution in [0.4, 0.5) is 10.1 Å². The molecule has 11 heteroatoms. The van der Waals surface area contributed by atoms with Gasteiger partial charge in [0.15, 0.2) is 0 Å². The van der Waals surface area contributed by atoms with Gasteiger partial charge in [-0.2, -0.15) is 0 Å². The SMILES string of the molecule is COC(=O)c1cc(N2CCCS2(=O)=O)cc(-n2c(C)ccc2-c2cc(Cl)ccc2OCc2ccc(Br)cc2F)c1. The summed E-state index contributed by atoms with van der Waals surface area (Å²) >= 11 is 9.66. The number of carbonyl (C=O) groups is 1. The average Bonchev–Trinajstić information content (AvgIpc) is 3.49. The van der Waals surface area contributed by atoms with Crippen molar-refractivity contribution < 1.29 is 27.1 Å². The highest BCUT2D eigenvalue weighted by molar-refractivity contribution is 9.10. The zero-order valence-corrected chi connectivity index (χ0v) is 24.8. The Bertz CT molecular complexity index is 1720. The van der Waals surface area contributed by atoms with E-state index in [1.807, 2.05) is 23.6 Å². The summed E-state index contributed by atoms with van der Waals surface area (Å²) in [6, 6.07) is 18.6. The Balaban J connectivity index is 1.61. The zero-order valence-electron chi connectivity index (χ0n) is 21.7. The average molecular weight is 648 g/mol. The molecule has 208 valence electrons. The summed E-state index contributed by atoms with van der Waals surface area (Å²) in [6.45, 7) is 2.20. The molecule has 1 aliphatic rings. The van der Waals surface area contributed by atoms with Crippen molar-refractivity contribution in [1.82, 2.24) is 4.57 Å². The number of esters is 1. The highest BCUT2D eigenvalue weighted by Crippen LogP contribution is 2.37. The first-order valence-electron chi connectivity index (χ1n) is 12.4. The number of rotatable bonds is 7. The number of aryl methyl sites for hydroxylation is 1. The van der Waals surface area contributed by atoms with E-state index in [9.17, 15) is 17.6 Å². The van der Waals surface area contributed by atoms with Gasteiger partial charge in [0.1, 0.15) is 18.2 Å². The maximum atomic E-state index is 14.5. The highest BCUT2D eigenvalue weighted by Gasteiger charge is 2.30. The molecule has 5 rings (SSSR count). The van der Waals surface area contributed by atoms with Crippen LogP contribution in [0.3, 0.4) is 0 Å². The van der Waals surface area contributed by atoms with Crippen molar-refractivity contribution >= 4 is 49.2 Å². The van der Waals surface area contributed by atoms with Gasteiger partial charge in [-0.25, -0.2) is 17.6 Å². The van der Waals surface area contributed by atoms with E-state index in [0.29, 0.717) is 56.4 Å². The summed E-state index contributed by atoms with van der Waals surface area (Å²) in [4.78, 5) is 12.6. The van der Waals surface area contributed by atoms with E-state index in [2.05, 4.69) is 15.9 Å². The van der Waals surface area contributed by atoms with E-state index in [0.717, 1.165) is 5.69 Å². The molecule has 0 saturated carbocycles. The fourth-order valence-corrected chi connectivity index (χ4v) is 6.80. The first-order chi connectivity index (χ1) is 19.1. The van der Waals surface area contributed by atoms with Crippen LogP contribution >= 0.6 is 27.5 Å². The summed E-state index contributed by atoms with van der Waals surface area (Å²) in [6.07, 6.45) is 0.496. The van der Waals surface area contributed by atoms with Crippen LogP contribution in [0.1, 0.15) is 28.0 Å². The third-order valence-electron chi connectivity index (χ3n) is 6.66. The summed E-state index contributed by atoms with van der Waals surface area (Å²) in [5.74, 6) is -0.471. The molecule has 0 bridgehead atoms. The lowest BCUT2D eigenvalue weighted by atomic mass is 10.1. The second-order valence-corrected chi connectivity index (χ2v) is 12.7.